The normalized spacial score (nSPS) is 12.0. The van der Waals surface area contributed by atoms with Gasteiger partial charge in [0.2, 0.25) is 11.5 Å². The predicted molar refractivity (Wildman–Crippen MR) is 106 cm³/mol. The molecule has 152 valence electrons. The first-order chi connectivity index (χ1) is 14.5. The molecule has 0 saturated heterocycles. The van der Waals surface area contributed by atoms with Crippen molar-refractivity contribution in [3.8, 4) is 5.82 Å². The van der Waals surface area contributed by atoms with Crippen LogP contribution in [0.15, 0.2) is 53.5 Å². The van der Waals surface area contributed by atoms with Crippen molar-refractivity contribution in [3.05, 3.63) is 66.2 Å². The van der Waals surface area contributed by atoms with Crippen LogP contribution in [0.2, 0.25) is 0 Å². The van der Waals surface area contributed by atoms with Gasteiger partial charge in [-0.1, -0.05) is 6.07 Å². The highest BCUT2D eigenvalue weighted by Gasteiger charge is 2.28. The number of carbonyl (C=O) groups excluding carboxylic acids is 3. The number of rotatable bonds is 7. The number of aromatic nitrogens is 4. The smallest absolute Gasteiger partial charge is 0.287 e. The number of nitrogens with two attached hydrogens (primary N) is 1. The fourth-order valence-electron chi connectivity index (χ4n) is 3.27. The maximum Gasteiger partial charge on any atom is 0.287 e. The van der Waals surface area contributed by atoms with E-state index in [-0.39, 0.29) is 12.1 Å². The van der Waals surface area contributed by atoms with E-state index >= 15 is 0 Å². The van der Waals surface area contributed by atoms with Crippen molar-refractivity contribution in [3.63, 3.8) is 0 Å². The summed E-state index contributed by atoms with van der Waals surface area (Å²) in [5.41, 5.74) is 6.56. The molecular formula is C20H18N6O4. The number of Topliss-reactive ketones (excluding diaryl/α,β-unsaturated/α-hetero) is 1. The first-order valence-corrected chi connectivity index (χ1v) is 9.09. The second-order valence-corrected chi connectivity index (χ2v) is 6.65. The lowest BCUT2D eigenvalue weighted by Gasteiger charge is -2.16. The Morgan fingerprint density at radius 1 is 1.27 bits per heavy atom. The van der Waals surface area contributed by atoms with Gasteiger partial charge < -0.3 is 20.5 Å². The summed E-state index contributed by atoms with van der Waals surface area (Å²) in [6.45, 7) is 1.73. The van der Waals surface area contributed by atoms with Gasteiger partial charge in [-0.15, -0.1) is 0 Å². The third-order valence-electron chi connectivity index (χ3n) is 4.71. The number of nitrogens with one attached hydrogen (secondary N) is 2. The number of nitrogens with zero attached hydrogens (tertiary/aromatic N) is 3. The number of pyridine rings is 1. The Labute approximate surface area is 170 Å². The molecule has 4 aromatic heterocycles. The standard InChI is InChI=1S/C20H18N6O4/c1-11-24-9-15(26(11)16-4-2-3-6-22-16)19(29)25-14(17(27)18(21)28)8-12-10-30-20-13(12)5-7-23-20/h2-7,9-10,14,23H,8H2,1H3,(H2,21,28)(H,25,29). The Morgan fingerprint density at radius 3 is 2.83 bits per heavy atom. The van der Waals surface area contributed by atoms with Crippen molar-refractivity contribution in [2.75, 3.05) is 0 Å². The molecule has 0 radical (unpaired) electrons. The Bertz CT molecular complexity index is 1240. The van der Waals surface area contributed by atoms with E-state index in [0.29, 0.717) is 22.9 Å². The molecule has 0 spiro atoms. The lowest BCUT2D eigenvalue weighted by molar-refractivity contribution is -0.137. The first kappa shape index (κ1) is 19.1. The zero-order valence-electron chi connectivity index (χ0n) is 16.0. The summed E-state index contributed by atoms with van der Waals surface area (Å²) in [6.07, 6.45) is 6.17. The SMILES string of the molecule is Cc1ncc(C(=O)NC(Cc2coc3[nH]ccc23)C(=O)C(N)=O)n1-c1ccccn1. The van der Waals surface area contributed by atoms with Gasteiger partial charge in [0.1, 0.15) is 23.4 Å². The highest BCUT2D eigenvalue weighted by molar-refractivity contribution is 6.38. The quantitative estimate of drug-likeness (QED) is 0.391. The second-order valence-electron chi connectivity index (χ2n) is 6.65. The molecule has 0 aliphatic heterocycles. The number of amides is 2. The van der Waals surface area contributed by atoms with Crippen LogP contribution in [0.4, 0.5) is 0 Å². The van der Waals surface area contributed by atoms with Crippen molar-refractivity contribution in [2.45, 2.75) is 19.4 Å². The summed E-state index contributed by atoms with van der Waals surface area (Å²) in [7, 11) is 0. The molecule has 0 aliphatic carbocycles. The number of imidazole rings is 1. The molecule has 0 fully saturated rings. The molecule has 10 heteroatoms. The van der Waals surface area contributed by atoms with Gasteiger partial charge in [-0.2, -0.15) is 0 Å². The van der Waals surface area contributed by atoms with Gasteiger partial charge in [-0.25, -0.2) is 9.97 Å². The molecule has 1 unspecified atom stereocenters. The van der Waals surface area contributed by atoms with Crippen LogP contribution in [0.25, 0.3) is 16.9 Å². The molecule has 0 saturated carbocycles. The third kappa shape index (κ3) is 3.46. The predicted octanol–water partition coefficient (Wildman–Crippen LogP) is 1.05. The van der Waals surface area contributed by atoms with Crippen LogP contribution in [0, 0.1) is 6.92 Å². The number of carbonyl (C=O) groups is 3. The number of aromatic amines is 1. The van der Waals surface area contributed by atoms with Gasteiger partial charge in [0.15, 0.2) is 0 Å². The summed E-state index contributed by atoms with van der Waals surface area (Å²) in [4.78, 5) is 48.3. The molecule has 4 aromatic rings. The average molecular weight is 406 g/mol. The number of H-pyrrole nitrogens is 1. The van der Waals surface area contributed by atoms with Gasteiger partial charge in [-0.3, -0.25) is 19.0 Å². The van der Waals surface area contributed by atoms with E-state index in [0.717, 1.165) is 5.39 Å². The van der Waals surface area contributed by atoms with E-state index < -0.39 is 23.6 Å². The van der Waals surface area contributed by atoms with Crippen LogP contribution in [0.1, 0.15) is 21.9 Å². The summed E-state index contributed by atoms with van der Waals surface area (Å²) in [6, 6.07) is 5.87. The number of hydrogen-bond donors (Lipinski definition) is 3. The highest BCUT2D eigenvalue weighted by Crippen LogP contribution is 2.21. The van der Waals surface area contributed by atoms with Gasteiger partial charge in [0, 0.05) is 29.8 Å². The molecule has 2 amide bonds. The fraction of sp³-hybridized carbons (Fsp3) is 0.150. The van der Waals surface area contributed by atoms with Crippen LogP contribution >= 0.6 is 0 Å². The third-order valence-corrected chi connectivity index (χ3v) is 4.71. The van der Waals surface area contributed by atoms with Crippen molar-refractivity contribution in [2.24, 2.45) is 5.73 Å². The Morgan fingerprint density at radius 2 is 2.10 bits per heavy atom. The Balaban J connectivity index is 1.64. The highest BCUT2D eigenvalue weighted by atomic mass is 16.3. The Hall–Kier alpha value is -4.21. The fourth-order valence-corrected chi connectivity index (χ4v) is 3.27. The lowest BCUT2D eigenvalue weighted by Crippen LogP contribution is -2.47. The zero-order valence-corrected chi connectivity index (χ0v) is 16.0. The van der Waals surface area contributed by atoms with E-state index in [1.807, 2.05) is 0 Å². The molecule has 0 aromatic carbocycles. The van der Waals surface area contributed by atoms with Crippen LogP contribution in [0.3, 0.4) is 0 Å². The van der Waals surface area contributed by atoms with E-state index in [9.17, 15) is 14.4 Å². The maximum absolute atomic E-state index is 13.0. The summed E-state index contributed by atoms with van der Waals surface area (Å²) >= 11 is 0. The molecule has 30 heavy (non-hydrogen) atoms. The topological polar surface area (TPSA) is 149 Å². The molecule has 4 N–H and O–H groups in total. The Kier molecular flexibility index (Phi) is 4.88. The number of furan rings is 1. The van der Waals surface area contributed by atoms with Crippen LogP contribution < -0.4 is 11.1 Å². The minimum absolute atomic E-state index is 0.0368. The molecule has 4 heterocycles. The molecule has 4 rings (SSSR count). The first-order valence-electron chi connectivity index (χ1n) is 9.09. The number of hydrogen-bond acceptors (Lipinski definition) is 6. The summed E-state index contributed by atoms with van der Waals surface area (Å²) in [5.74, 6) is -1.59. The lowest BCUT2D eigenvalue weighted by atomic mass is 10.0. The minimum atomic E-state index is -1.17. The van der Waals surface area contributed by atoms with E-state index in [1.165, 1.54) is 12.5 Å². The van der Waals surface area contributed by atoms with Gasteiger partial charge >= 0.3 is 0 Å². The number of primary amides is 1. The second kappa shape index (κ2) is 7.66. The largest absolute Gasteiger partial charge is 0.448 e. The molecule has 10 nitrogen and oxygen atoms in total. The van der Waals surface area contributed by atoms with Crippen molar-refractivity contribution in [1.82, 2.24) is 24.8 Å². The van der Waals surface area contributed by atoms with Gasteiger partial charge in [-0.05, 0) is 25.1 Å². The molecule has 0 aliphatic rings. The van der Waals surface area contributed by atoms with E-state index in [2.05, 4.69) is 20.3 Å². The van der Waals surface area contributed by atoms with Gasteiger partial charge in [0.25, 0.3) is 11.8 Å². The van der Waals surface area contributed by atoms with Crippen molar-refractivity contribution >= 4 is 28.7 Å². The van der Waals surface area contributed by atoms with Gasteiger partial charge in [0.05, 0.1) is 12.5 Å². The maximum atomic E-state index is 13.0. The van der Waals surface area contributed by atoms with Crippen molar-refractivity contribution in [1.29, 1.82) is 0 Å². The number of ketones is 1. The molecule has 0 bridgehead atoms. The zero-order chi connectivity index (χ0) is 21.3. The van der Waals surface area contributed by atoms with Crippen molar-refractivity contribution < 1.29 is 18.8 Å². The van der Waals surface area contributed by atoms with Crippen LogP contribution in [-0.4, -0.2) is 43.2 Å². The van der Waals surface area contributed by atoms with Crippen LogP contribution in [0.5, 0.6) is 0 Å². The summed E-state index contributed by atoms with van der Waals surface area (Å²) in [5, 5.41) is 3.35. The number of aryl methyl sites for hydroxylation is 1. The summed E-state index contributed by atoms with van der Waals surface area (Å²) < 4.78 is 6.94. The minimum Gasteiger partial charge on any atom is -0.448 e. The van der Waals surface area contributed by atoms with E-state index in [4.69, 9.17) is 10.2 Å². The monoisotopic (exact) mass is 406 g/mol. The van der Waals surface area contributed by atoms with E-state index in [1.54, 1.807) is 48.1 Å². The molecule has 1 atom stereocenters. The number of fused-ring (bicyclic) bond motifs is 1. The molecular weight excluding hydrogens is 388 g/mol. The average Bonchev–Trinajstić information content (AvgIpc) is 3.44. The van der Waals surface area contributed by atoms with Crippen LogP contribution in [-0.2, 0) is 16.0 Å².